The summed E-state index contributed by atoms with van der Waals surface area (Å²) in [6.45, 7) is 1.92. The molecule has 0 rings (SSSR count). The highest BCUT2D eigenvalue weighted by molar-refractivity contribution is 7.51. The van der Waals surface area contributed by atoms with Crippen LogP contribution in [0.5, 0.6) is 0 Å². The van der Waals surface area contributed by atoms with Gasteiger partial charge in [-0.1, -0.05) is 13.3 Å². The summed E-state index contributed by atoms with van der Waals surface area (Å²) < 4.78 is 0. The maximum Gasteiger partial charge on any atom is 0.306 e. The van der Waals surface area contributed by atoms with Gasteiger partial charge in [-0.25, -0.2) is 0 Å². The van der Waals surface area contributed by atoms with Gasteiger partial charge in [-0.2, -0.15) is 0 Å². The largest absolute Gasteiger partial charge is 0.481 e. The van der Waals surface area contributed by atoms with Gasteiger partial charge in [0.25, 0.3) is 0 Å². The second kappa shape index (κ2) is 7.60. The Labute approximate surface area is 90.0 Å². The first-order chi connectivity index (χ1) is 6.97. The molecule has 0 radical (unpaired) electrons. The zero-order valence-electron chi connectivity index (χ0n) is 8.72. The Balaban J connectivity index is 4.04. The second-order valence-electron chi connectivity index (χ2n) is 3.38. The van der Waals surface area contributed by atoms with Crippen molar-refractivity contribution in [1.29, 1.82) is 0 Å². The highest BCUT2D eigenvalue weighted by Crippen LogP contribution is 2.34. The van der Waals surface area contributed by atoms with E-state index >= 15 is 0 Å². The number of hydrogen-bond acceptors (Lipinski definition) is 3. The monoisotopic (exact) mass is 236 g/mol. The van der Waals surface area contributed by atoms with Crippen LogP contribution in [0.4, 0.5) is 0 Å². The van der Waals surface area contributed by atoms with Crippen molar-refractivity contribution in [2.75, 3.05) is 12.3 Å². The molecule has 0 spiro atoms. The minimum atomic E-state index is -1.26. The van der Waals surface area contributed by atoms with Crippen molar-refractivity contribution in [2.24, 2.45) is 5.92 Å². The molecule has 88 valence electrons. The third-order valence-corrected chi connectivity index (χ3v) is 3.79. The Morgan fingerprint density at radius 3 is 2.33 bits per heavy atom. The van der Waals surface area contributed by atoms with E-state index in [-0.39, 0.29) is 19.0 Å². The molecule has 0 saturated carbocycles. The molecule has 0 aliphatic heterocycles. The predicted molar refractivity (Wildman–Crippen MR) is 57.2 cm³/mol. The molecule has 0 bridgehead atoms. The number of hydrogen-bond donors (Lipinski definition) is 3. The normalized spacial score (nSPS) is 14.5. The van der Waals surface area contributed by atoms with E-state index in [1.807, 2.05) is 6.92 Å². The smallest absolute Gasteiger partial charge is 0.306 e. The van der Waals surface area contributed by atoms with E-state index in [1.54, 1.807) is 0 Å². The van der Waals surface area contributed by atoms with Gasteiger partial charge < -0.3 is 15.1 Å². The van der Waals surface area contributed by atoms with E-state index in [4.69, 9.17) is 10.2 Å². The fourth-order valence-corrected chi connectivity index (χ4v) is 2.74. The van der Waals surface area contributed by atoms with Crippen molar-refractivity contribution in [3.63, 3.8) is 0 Å². The number of rotatable bonds is 8. The van der Waals surface area contributed by atoms with Crippen molar-refractivity contribution in [3.05, 3.63) is 0 Å². The fourth-order valence-electron chi connectivity index (χ4n) is 1.19. The molecule has 0 aliphatic rings. The molecule has 0 aromatic carbocycles. The van der Waals surface area contributed by atoms with Gasteiger partial charge in [-0.15, -0.1) is 0 Å². The standard InChI is InChI=1S/C9H17O5P/c1-2-5-15(14)6-7(9(12)13)3-4-8(10)11/h7,14H,2-6H2,1H3,(H,10,11)(H,12,13). The molecule has 0 aliphatic carbocycles. The van der Waals surface area contributed by atoms with Gasteiger partial charge in [-0.3, -0.25) is 9.59 Å². The molecule has 0 heterocycles. The zero-order valence-corrected chi connectivity index (χ0v) is 9.61. The molecule has 15 heavy (non-hydrogen) atoms. The summed E-state index contributed by atoms with van der Waals surface area (Å²) in [5.74, 6) is -2.75. The molecule has 0 aromatic heterocycles. The summed E-state index contributed by atoms with van der Waals surface area (Å²) in [6, 6.07) is 0. The van der Waals surface area contributed by atoms with E-state index in [9.17, 15) is 14.5 Å². The van der Waals surface area contributed by atoms with Crippen LogP contribution in [-0.4, -0.2) is 39.4 Å². The number of carbonyl (C=O) groups is 2. The molecule has 5 nitrogen and oxygen atoms in total. The maximum atomic E-state index is 10.8. The Morgan fingerprint density at radius 1 is 1.33 bits per heavy atom. The van der Waals surface area contributed by atoms with E-state index in [0.29, 0.717) is 6.16 Å². The van der Waals surface area contributed by atoms with Crippen LogP contribution in [0.3, 0.4) is 0 Å². The third kappa shape index (κ3) is 7.28. The molecule has 2 unspecified atom stereocenters. The highest BCUT2D eigenvalue weighted by atomic mass is 31.1. The summed E-state index contributed by atoms with van der Waals surface area (Å²) in [4.78, 5) is 30.5. The average Bonchev–Trinajstić information content (AvgIpc) is 2.11. The summed E-state index contributed by atoms with van der Waals surface area (Å²) >= 11 is 0. The van der Waals surface area contributed by atoms with Crippen molar-refractivity contribution < 1.29 is 24.7 Å². The number of carboxylic acid groups (broad SMARTS) is 2. The second-order valence-corrected chi connectivity index (χ2v) is 5.21. The molecule has 0 amide bonds. The summed E-state index contributed by atoms with van der Waals surface area (Å²) in [5.41, 5.74) is 0. The van der Waals surface area contributed by atoms with Crippen LogP contribution in [0.2, 0.25) is 0 Å². The van der Waals surface area contributed by atoms with Crippen molar-refractivity contribution in [2.45, 2.75) is 26.2 Å². The fraction of sp³-hybridized carbons (Fsp3) is 0.778. The Morgan fingerprint density at radius 2 is 1.93 bits per heavy atom. The zero-order chi connectivity index (χ0) is 11.8. The molecular weight excluding hydrogens is 219 g/mol. The van der Waals surface area contributed by atoms with Crippen LogP contribution in [0.25, 0.3) is 0 Å². The van der Waals surface area contributed by atoms with Gasteiger partial charge >= 0.3 is 11.9 Å². The first kappa shape index (κ1) is 14.3. The van der Waals surface area contributed by atoms with E-state index in [0.717, 1.165) is 6.42 Å². The van der Waals surface area contributed by atoms with E-state index in [2.05, 4.69) is 0 Å². The molecule has 2 atom stereocenters. The van der Waals surface area contributed by atoms with Gasteiger partial charge in [0.05, 0.1) is 5.92 Å². The van der Waals surface area contributed by atoms with Gasteiger partial charge in [0, 0.05) is 20.7 Å². The minimum absolute atomic E-state index is 0.0910. The maximum absolute atomic E-state index is 10.8. The SMILES string of the molecule is CCCP(O)CC(CCC(=O)O)C(=O)O. The summed E-state index contributed by atoms with van der Waals surface area (Å²) in [7, 11) is -1.26. The van der Waals surface area contributed by atoms with Crippen molar-refractivity contribution >= 4 is 20.1 Å². The molecule has 6 heteroatoms. The lowest BCUT2D eigenvalue weighted by Gasteiger charge is -2.15. The van der Waals surface area contributed by atoms with Crippen molar-refractivity contribution in [3.8, 4) is 0 Å². The molecular formula is C9H17O5P. The predicted octanol–water partition coefficient (Wildman–Crippen LogP) is 1.35. The van der Waals surface area contributed by atoms with Gasteiger partial charge in [-0.05, 0) is 12.6 Å². The number of carboxylic acids is 2. The van der Waals surface area contributed by atoms with Crippen LogP contribution in [0.1, 0.15) is 26.2 Å². The third-order valence-electron chi connectivity index (χ3n) is 1.97. The average molecular weight is 236 g/mol. The van der Waals surface area contributed by atoms with Crippen LogP contribution < -0.4 is 0 Å². The Bertz CT molecular complexity index is 219. The van der Waals surface area contributed by atoms with Crippen LogP contribution in [0.15, 0.2) is 0 Å². The lowest BCUT2D eigenvalue weighted by molar-refractivity contribution is -0.142. The first-order valence-electron chi connectivity index (χ1n) is 4.85. The highest BCUT2D eigenvalue weighted by Gasteiger charge is 2.21. The Hall–Kier alpha value is -0.670. The lowest BCUT2D eigenvalue weighted by atomic mass is 10.1. The van der Waals surface area contributed by atoms with Crippen molar-refractivity contribution in [1.82, 2.24) is 0 Å². The van der Waals surface area contributed by atoms with Gasteiger partial charge in [0.1, 0.15) is 0 Å². The van der Waals surface area contributed by atoms with E-state index in [1.165, 1.54) is 0 Å². The van der Waals surface area contributed by atoms with Crippen LogP contribution in [0, 0.1) is 5.92 Å². The van der Waals surface area contributed by atoms with E-state index < -0.39 is 26.0 Å². The summed E-state index contributed by atoms with van der Waals surface area (Å²) in [5, 5.41) is 17.2. The molecule has 0 saturated heterocycles. The lowest BCUT2D eigenvalue weighted by Crippen LogP contribution is -2.19. The molecule has 0 fully saturated rings. The molecule has 3 N–H and O–H groups in total. The topological polar surface area (TPSA) is 94.8 Å². The summed E-state index contributed by atoms with van der Waals surface area (Å²) in [6.07, 6.45) is 1.56. The van der Waals surface area contributed by atoms with Crippen LogP contribution in [-0.2, 0) is 9.59 Å². The number of aliphatic carboxylic acids is 2. The Kier molecular flexibility index (Phi) is 7.26. The molecule has 0 aromatic rings. The quantitative estimate of drug-likeness (QED) is 0.553. The van der Waals surface area contributed by atoms with Gasteiger partial charge in [0.15, 0.2) is 0 Å². The van der Waals surface area contributed by atoms with Gasteiger partial charge in [0.2, 0.25) is 0 Å². The van der Waals surface area contributed by atoms with Crippen LogP contribution >= 0.6 is 8.15 Å². The minimum Gasteiger partial charge on any atom is -0.481 e. The first-order valence-corrected chi connectivity index (χ1v) is 6.52.